The number of methoxy groups -OCH3 is 1. The molecule has 0 saturated heterocycles. The first kappa shape index (κ1) is 12.5. The molecule has 16 heavy (non-hydrogen) atoms. The number of carbonyl (C=O) groups excluding carboxylic acids is 2. The zero-order valence-electron chi connectivity index (χ0n) is 9.04. The maximum atomic E-state index is 11.2. The van der Waals surface area contributed by atoms with Crippen molar-refractivity contribution in [1.82, 2.24) is 0 Å². The van der Waals surface area contributed by atoms with Crippen LogP contribution in [0.15, 0.2) is 12.1 Å². The Kier molecular flexibility index (Phi) is 4.31. The van der Waals surface area contributed by atoms with Crippen molar-refractivity contribution in [3.05, 3.63) is 22.7 Å². The molecule has 0 aliphatic rings. The van der Waals surface area contributed by atoms with E-state index < -0.39 is 0 Å². The number of rotatable bonds is 4. The molecule has 0 spiro atoms. The van der Waals surface area contributed by atoms with Crippen molar-refractivity contribution < 1.29 is 14.3 Å². The molecule has 1 amide bonds. The lowest BCUT2D eigenvalue weighted by Gasteiger charge is -2.10. The molecule has 1 N–H and O–H groups in total. The number of hydrogen-bond acceptors (Lipinski definition) is 3. The number of amides is 1. The summed E-state index contributed by atoms with van der Waals surface area (Å²) < 4.78 is 5.01. The van der Waals surface area contributed by atoms with Gasteiger partial charge in [0.1, 0.15) is 5.75 Å². The molecule has 0 bridgehead atoms. The molecule has 0 aliphatic heterocycles. The van der Waals surface area contributed by atoms with E-state index in [1.165, 1.54) is 19.2 Å². The van der Waals surface area contributed by atoms with E-state index >= 15 is 0 Å². The van der Waals surface area contributed by atoms with Crippen molar-refractivity contribution in [3.8, 4) is 5.75 Å². The fourth-order valence-electron chi connectivity index (χ4n) is 1.17. The molecule has 0 fully saturated rings. The Morgan fingerprint density at radius 2 is 2.25 bits per heavy atom. The topological polar surface area (TPSA) is 55.4 Å². The summed E-state index contributed by atoms with van der Waals surface area (Å²) in [5, 5.41) is 2.93. The molecule has 0 aliphatic carbocycles. The molecule has 0 radical (unpaired) electrons. The fraction of sp³-hybridized carbons (Fsp3) is 0.273. The van der Waals surface area contributed by atoms with Crippen LogP contribution >= 0.6 is 11.6 Å². The van der Waals surface area contributed by atoms with E-state index in [-0.39, 0.29) is 5.91 Å². The number of aldehydes is 1. The summed E-state index contributed by atoms with van der Waals surface area (Å²) in [5.41, 5.74) is 0.790. The van der Waals surface area contributed by atoms with Gasteiger partial charge in [-0.25, -0.2) is 0 Å². The largest absolute Gasteiger partial charge is 0.496 e. The van der Waals surface area contributed by atoms with Gasteiger partial charge < -0.3 is 10.1 Å². The molecule has 0 aromatic heterocycles. The number of carbonyl (C=O) groups is 2. The van der Waals surface area contributed by atoms with Crippen molar-refractivity contribution in [2.45, 2.75) is 13.3 Å². The van der Waals surface area contributed by atoms with Crippen LogP contribution in [-0.4, -0.2) is 19.3 Å². The minimum atomic E-state index is -0.150. The Labute approximate surface area is 98.5 Å². The summed E-state index contributed by atoms with van der Waals surface area (Å²) in [6.07, 6.45) is 1.00. The summed E-state index contributed by atoms with van der Waals surface area (Å²) in [6.45, 7) is 1.74. The van der Waals surface area contributed by atoms with Crippen LogP contribution in [0.4, 0.5) is 5.69 Å². The first-order valence-corrected chi connectivity index (χ1v) is 5.12. The summed E-state index contributed by atoms with van der Waals surface area (Å²) in [5.74, 6) is 0.230. The van der Waals surface area contributed by atoms with E-state index in [4.69, 9.17) is 16.3 Å². The molecule has 0 unspecified atom stereocenters. The van der Waals surface area contributed by atoms with Crippen molar-refractivity contribution in [3.63, 3.8) is 0 Å². The van der Waals surface area contributed by atoms with Gasteiger partial charge in [-0.15, -0.1) is 0 Å². The Morgan fingerprint density at radius 1 is 1.56 bits per heavy atom. The summed E-state index contributed by atoms with van der Waals surface area (Å²) >= 11 is 5.91. The number of anilines is 1. The van der Waals surface area contributed by atoms with Gasteiger partial charge in [0.15, 0.2) is 6.29 Å². The predicted molar refractivity (Wildman–Crippen MR) is 62.3 cm³/mol. The fourth-order valence-corrected chi connectivity index (χ4v) is 1.39. The quantitative estimate of drug-likeness (QED) is 0.824. The third kappa shape index (κ3) is 2.73. The van der Waals surface area contributed by atoms with Gasteiger partial charge in [0, 0.05) is 12.5 Å². The van der Waals surface area contributed by atoms with E-state index in [1.54, 1.807) is 6.92 Å². The van der Waals surface area contributed by atoms with Gasteiger partial charge in [0.2, 0.25) is 5.91 Å². The first-order chi connectivity index (χ1) is 7.62. The second kappa shape index (κ2) is 5.51. The number of benzene rings is 1. The monoisotopic (exact) mass is 241 g/mol. The number of hydrogen-bond donors (Lipinski definition) is 1. The molecule has 1 aromatic rings. The molecule has 0 saturated carbocycles. The van der Waals surface area contributed by atoms with E-state index in [1.807, 2.05) is 0 Å². The average Bonchev–Trinajstić information content (AvgIpc) is 2.30. The van der Waals surface area contributed by atoms with Crippen LogP contribution in [0.2, 0.25) is 5.02 Å². The summed E-state index contributed by atoms with van der Waals surface area (Å²) in [4.78, 5) is 21.9. The molecular weight excluding hydrogens is 230 g/mol. The number of ether oxygens (including phenoxy) is 1. The minimum absolute atomic E-state index is 0.150. The smallest absolute Gasteiger partial charge is 0.224 e. The highest BCUT2D eigenvalue weighted by molar-refractivity contribution is 6.34. The molecule has 86 valence electrons. The van der Waals surface area contributed by atoms with Gasteiger partial charge >= 0.3 is 0 Å². The highest BCUT2D eigenvalue weighted by Crippen LogP contribution is 2.30. The van der Waals surface area contributed by atoms with Gasteiger partial charge in [-0.1, -0.05) is 18.5 Å². The third-order valence-electron chi connectivity index (χ3n) is 2.04. The van der Waals surface area contributed by atoms with E-state index in [9.17, 15) is 9.59 Å². The second-order valence-electron chi connectivity index (χ2n) is 3.09. The Hall–Kier alpha value is -1.55. The maximum Gasteiger partial charge on any atom is 0.224 e. The third-order valence-corrected chi connectivity index (χ3v) is 2.35. The van der Waals surface area contributed by atoms with Crippen LogP contribution in [0.25, 0.3) is 0 Å². The number of nitrogens with one attached hydrogen (secondary N) is 1. The highest BCUT2D eigenvalue weighted by Gasteiger charge is 2.10. The lowest BCUT2D eigenvalue weighted by molar-refractivity contribution is -0.115. The Morgan fingerprint density at radius 3 is 2.75 bits per heavy atom. The first-order valence-electron chi connectivity index (χ1n) is 4.75. The van der Waals surface area contributed by atoms with E-state index in [0.717, 1.165) is 0 Å². The summed E-state index contributed by atoms with van der Waals surface area (Å²) in [6, 6.07) is 2.98. The van der Waals surface area contributed by atoms with E-state index in [2.05, 4.69) is 5.32 Å². The minimum Gasteiger partial charge on any atom is -0.496 e. The second-order valence-corrected chi connectivity index (χ2v) is 3.50. The standard InChI is InChI=1S/C11H12ClNO3/c1-3-11(15)13-9-5-10(16-2)7(6-14)4-8(9)12/h4-6H,3H2,1-2H3,(H,13,15). The Balaban J connectivity index is 3.10. The Bertz CT molecular complexity index is 418. The van der Waals surface area contributed by atoms with Crippen molar-refractivity contribution >= 4 is 29.5 Å². The molecule has 1 aromatic carbocycles. The highest BCUT2D eigenvalue weighted by atomic mass is 35.5. The number of halogens is 1. The normalized spacial score (nSPS) is 9.69. The molecule has 5 heteroatoms. The van der Waals surface area contributed by atoms with Crippen LogP contribution in [0.3, 0.4) is 0 Å². The van der Waals surface area contributed by atoms with Crippen LogP contribution in [0.5, 0.6) is 5.75 Å². The van der Waals surface area contributed by atoms with Crippen molar-refractivity contribution in [2.24, 2.45) is 0 Å². The summed E-state index contributed by atoms with van der Waals surface area (Å²) in [7, 11) is 1.45. The SMILES string of the molecule is CCC(=O)Nc1cc(OC)c(C=O)cc1Cl. The maximum absolute atomic E-state index is 11.2. The zero-order valence-corrected chi connectivity index (χ0v) is 9.80. The van der Waals surface area contributed by atoms with Gasteiger partial charge in [-0.05, 0) is 6.07 Å². The predicted octanol–water partition coefficient (Wildman–Crippen LogP) is 2.51. The molecular formula is C11H12ClNO3. The molecule has 1 rings (SSSR count). The van der Waals surface area contributed by atoms with Gasteiger partial charge in [-0.3, -0.25) is 9.59 Å². The van der Waals surface area contributed by atoms with Crippen LogP contribution < -0.4 is 10.1 Å². The lowest BCUT2D eigenvalue weighted by atomic mass is 10.2. The van der Waals surface area contributed by atoms with Gasteiger partial charge in [0.25, 0.3) is 0 Å². The zero-order chi connectivity index (χ0) is 12.1. The van der Waals surface area contributed by atoms with E-state index in [0.29, 0.717) is 34.7 Å². The van der Waals surface area contributed by atoms with Gasteiger partial charge in [-0.2, -0.15) is 0 Å². The molecule has 0 atom stereocenters. The van der Waals surface area contributed by atoms with Crippen LogP contribution in [0.1, 0.15) is 23.7 Å². The van der Waals surface area contributed by atoms with Crippen molar-refractivity contribution in [2.75, 3.05) is 12.4 Å². The van der Waals surface area contributed by atoms with Crippen molar-refractivity contribution in [1.29, 1.82) is 0 Å². The molecule has 4 nitrogen and oxygen atoms in total. The average molecular weight is 242 g/mol. The van der Waals surface area contributed by atoms with Crippen LogP contribution in [-0.2, 0) is 4.79 Å². The lowest BCUT2D eigenvalue weighted by Crippen LogP contribution is -2.10. The van der Waals surface area contributed by atoms with Crippen LogP contribution in [0, 0.1) is 0 Å². The van der Waals surface area contributed by atoms with Gasteiger partial charge in [0.05, 0.1) is 23.4 Å². The molecule has 0 heterocycles.